The van der Waals surface area contributed by atoms with Crippen LogP contribution in [-0.4, -0.2) is 57.3 Å². The maximum atomic E-state index is 12.4. The first-order valence-corrected chi connectivity index (χ1v) is 8.08. The number of urea groups is 1. The van der Waals surface area contributed by atoms with Gasteiger partial charge in [0.15, 0.2) is 0 Å². The summed E-state index contributed by atoms with van der Waals surface area (Å²) in [5.74, 6) is 0.927. The monoisotopic (exact) mass is 335 g/mol. The summed E-state index contributed by atoms with van der Waals surface area (Å²) in [6.45, 7) is 2.06. The first-order chi connectivity index (χ1) is 11.6. The molecule has 2 N–H and O–H groups in total. The number of likely N-dealkylation sites (tertiary alicyclic amines) is 1. The maximum Gasteiger partial charge on any atom is 0.321 e. The van der Waals surface area contributed by atoms with E-state index in [1.807, 2.05) is 24.3 Å². The topological polar surface area (TPSA) is 79.9 Å². The molecule has 1 aromatic carbocycles. The minimum absolute atomic E-state index is 0.0835. The highest BCUT2D eigenvalue weighted by Gasteiger charge is 2.23. The minimum Gasteiger partial charge on any atom is -0.495 e. The van der Waals surface area contributed by atoms with Gasteiger partial charge in [-0.1, -0.05) is 12.1 Å². The second-order valence-corrected chi connectivity index (χ2v) is 5.80. The largest absolute Gasteiger partial charge is 0.495 e. The number of para-hydroxylation sites is 2. The summed E-state index contributed by atoms with van der Waals surface area (Å²) in [5.41, 5.74) is 0.666. The highest BCUT2D eigenvalue weighted by Crippen LogP contribution is 2.24. The van der Waals surface area contributed by atoms with E-state index < -0.39 is 0 Å². The van der Waals surface area contributed by atoms with Crippen LogP contribution in [0.1, 0.15) is 12.8 Å². The molecule has 7 heteroatoms. The molecule has 0 radical (unpaired) electrons. The Morgan fingerprint density at radius 1 is 1.21 bits per heavy atom. The molecule has 0 spiro atoms. The number of hydrogen-bond acceptors (Lipinski definition) is 4. The average Bonchev–Trinajstić information content (AvgIpc) is 2.61. The number of amides is 3. The van der Waals surface area contributed by atoms with Gasteiger partial charge in [-0.25, -0.2) is 4.79 Å². The number of piperidine rings is 1. The molecule has 132 valence electrons. The van der Waals surface area contributed by atoms with Crippen molar-refractivity contribution < 1.29 is 19.1 Å². The van der Waals surface area contributed by atoms with Crippen molar-refractivity contribution in [3.63, 3.8) is 0 Å². The van der Waals surface area contributed by atoms with Gasteiger partial charge in [0, 0.05) is 26.7 Å². The number of rotatable bonds is 6. The highest BCUT2D eigenvalue weighted by molar-refractivity contribution is 5.91. The standard InChI is InChI=1S/C17H25N3O4/c1-23-12-16(21)18-11-13-7-9-20(10-8-13)17(22)19-14-5-3-4-6-15(14)24-2/h3-6,13H,7-12H2,1-2H3,(H,18,21)(H,19,22). The molecule has 0 unspecified atom stereocenters. The Morgan fingerprint density at radius 2 is 1.92 bits per heavy atom. The molecular weight excluding hydrogens is 310 g/mol. The smallest absolute Gasteiger partial charge is 0.321 e. The van der Waals surface area contributed by atoms with E-state index in [4.69, 9.17) is 9.47 Å². The zero-order valence-electron chi connectivity index (χ0n) is 14.2. The van der Waals surface area contributed by atoms with Crippen molar-refractivity contribution in [2.75, 3.05) is 45.8 Å². The van der Waals surface area contributed by atoms with Crippen LogP contribution in [0.25, 0.3) is 0 Å². The molecule has 0 aliphatic carbocycles. The first kappa shape index (κ1) is 18.1. The summed E-state index contributed by atoms with van der Waals surface area (Å²) >= 11 is 0. The number of hydrogen-bond donors (Lipinski definition) is 2. The summed E-state index contributed by atoms with van der Waals surface area (Å²) in [6.07, 6.45) is 1.74. The number of carbonyl (C=O) groups is 2. The predicted octanol–water partition coefficient (Wildman–Crippen LogP) is 1.70. The summed E-state index contributed by atoms with van der Waals surface area (Å²) in [7, 11) is 3.08. The van der Waals surface area contributed by atoms with Gasteiger partial charge in [0.05, 0.1) is 12.8 Å². The van der Waals surface area contributed by atoms with Crippen molar-refractivity contribution in [2.45, 2.75) is 12.8 Å². The zero-order valence-corrected chi connectivity index (χ0v) is 14.2. The van der Waals surface area contributed by atoms with E-state index in [1.54, 1.807) is 12.0 Å². The van der Waals surface area contributed by atoms with Crippen molar-refractivity contribution >= 4 is 17.6 Å². The van der Waals surface area contributed by atoms with Gasteiger partial charge >= 0.3 is 6.03 Å². The third-order valence-electron chi connectivity index (χ3n) is 4.11. The molecule has 0 bridgehead atoms. The Bertz CT molecular complexity index is 557. The fourth-order valence-corrected chi connectivity index (χ4v) is 2.72. The zero-order chi connectivity index (χ0) is 17.4. The van der Waals surface area contributed by atoms with Crippen LogP contribution in [-0.2, 0) is 9.53 Å². The molecule has 3 amide bonds. The molecule has 1 heterocycles. The van der Waals surface area contributed by atoms with Gasteiger partial charge in [-0.2, -0.15) is 0 Å². The molecule has 1 saturated heterocycles. The molecule has 1 fully saturated rings. The van der Waals surface area contributed by atoms with Gasteiger partial charge in [0.1, 0.15) is 12.4 Å². The van der Waals surface area contributed by atoms with E-state index >= 15 is 0 Å². The number of benzene rings is 1. The lowest BCUT2D eigenvalue weighted by Crippen LogP contribution is -2.43. The van der Waals surface area contributed by atoms with Crippen LogP contribution in [0.3, 0.4) is 0 Å². The van der Waals surface area contributed by atoms with E-state index in [1.165, 1.54) is 7.11 Å². The van der Waals surface area contributed by atoms with Gasteiger partial charge < -0.3 is 25.0 Å². The minimum atomic E-state index is -0.124. The lowest BCUT2D eigenvalue weighted by Gasteiger charge is -2.32. The van der Waals surface area contributed by atoms with Gasteiger partial charge in [-0.15, -0.1) is 0 Å². The van der Waals surface area contributed by atoms with Gasteiger partial charge in [-0.05, 0) is 30.9 Å². The number of nitrogens with zero attached hydrogens (tertiary/aromatic N) is 1. The van der Waals surface area contributed by atoms with Crippen LogP contribution in [0.5, 0.6) is 5.75 Å². The Kier molecular flexibility index (Phi) is 6.87. The SMILES string of the molecule is COCC(=O)NCC1CCN(C(=O)Nc2ccccc2OC)CC1. The number of anilines is 1. The quantitative estimate of drug-likeness (QED) is 0.829. The van der Waals surface area contributed by atoms with Crippen molar-refractivity contribution in [1.82, 2.24) is 10.2 Å². The number of nitrogens with one attached hydrogen (secondary N) is 2. The molecule has 2 rings (SSSR count). The van der Waals surface area contributed by atoms with E-state index in [2.05, 4.69) is 10.6 Å². The van der Waals surface area contributed by atoms with Crippen LogP contribution in [0.15, 0.2) is 24.3 Å². The van der Waals surface area contributed by atoms with E-state index in [9.17, 15) is 9.59 Å². The van der Waals surface area contributed by atoms with Crippen molar-refractivity contribution in [3.05, 3.63) is 24.3 Å². The molecule has 24 heavy (non-hydrogen) atoms. The number of methoxy groups -OCH3 is 2. The molecule has 0 aromatic heterocycles. The number of carbonyl (C=O) groups excluding carboxylic acids is 2. The van der Waals surface area contributed by atoms with Crippen LogP contribution >= 0.6 is 0 Å². The van der Waals surface area contributed by atoms with E-state index in [0.717, 1.165) is 12.8 Å². The van der Waals surface area contributed by atoms with Gasteiger partial charge in [0.2, 0.25) is 5.91 Å². The lowest BCUT2D eigenvalue weighted by atomic mass is 9.97. The lowest BCUT2D eigenvalue weighted by molar-refractivity contribution is -0.124. The fourth-order valence-electron chi connectivity index (χ4n) is 2.72. The van der Waals surface area contributed by atoms with Crippen molar-refractivity contribution in [2.24, 2.45) is 5.92 Å². The van der Waals surface area contributed by atoms with Crippen LogP contribution < -0.4 is 15.4 Å². The highest BCUT2D eigenvalue weighted by atomic mass is 16.5. The third kappa shape index (κ3) is 5.13. The molecule has 1 aliphatic rings. The summed E-state index contributed by atoms with van der Waals surface area (Å²) in [4.78, 5) is 25.6. The molecule has 7 nitrogen and oxygen atoms in total. The van der Waals surface area contributed by atoms with Crippen LogP contribution in [0.4, 0.5) is 10.5 Å². The first-order valence-electron chi connectivity index (χ1n) is 8.08. The molecular formula is C17H25N3O4. The van der Waals surface area contributed by atoms with Crippen LogP contribution in [0, 0.1) is 5.92 Å². The maximum absolute atomic E-state index is 12.4. The van der Waals surface area contributed by atoms with E-state index in [0.29, 0.717) is 37.0 Å². The van der Waals surface area contributed by atoms with E-state index in [-0.39, 0.29) is 18.5 Å². The summed E-state index contributed by atoms with van der Waals surface area (Å²) in [6, 6.07) is 7.21. The second kappa shape index (κ2) is 9.12. The molecule has 1 aliphatic heterocycles. The average molecular weight is 335 g/mol. The fraction of sp³-hybridized carbons (Fsp3) is 0.529. The summed E-state index contributed by atoms with van der Waals surface area (Å²) < 4.78 is 10.0. The molecule has 1 aromatic rings. The Balaban J connectivity index is 1.77. The third-order valence-corrected chi connectivity index (χ3v) is 4.11. The Morgan fingerprint density at radius 3 is 2.58 bits per heavy atom. The number of ether oxygens (including phenoxy) is 2. The second-order valence-electron chi connectivity index (χ2n) is 5.80. The Hall–Kier alpha value is -2.28. The summed E-state index contributed by atoms with van der Waals surface area (Å²) in [5, 5.41) is 5.74. The normalized spacial score (nSPS) is 15.0. The predicted molar refractivity (Wildman–Crippen MR) is 91.2 cm³/mol. The van der Waals surface area contributed by atoms with Crippen molar-refractivity contribution in [3.8, 4) is 5.75 Å². The Labute approximate surface area is 142 Å². The van der Waals surface area contributed by atoms with Gasteiger partial charge in [0.25, 0.3) is 0 Å². The van der Waals surface area contributed by atoms with Crippen LogP contribution in [0.2, 0.25) is 0 Å². The molecule has 0 atom stereocenters. The van der Waals surface area contributed by atoms with Gasteiger partial charge in [-0.3, -0.25) is 4.79 Å². The molecule has 0 saturated carbocycles. The van der Waals surface area contributed by atoms with Crippen molar-refractivity contribution in [1.29, 1.82) is 0 Å².